The van der Waals surface area contributed by atoms with E-state index in [1.807, 2.05) is 36.6 Å². The predicted molar refractivity (Wildman–Crippen MR) is 84.6 cm³/mol. The van der Waals surface area contributed by atoms with Crippen LogP contribution >= 0.6 is 23.3 Å². The van der Waals surface area contributed by atoms with Gasteiger partial charge in [-0.2, -0.15) is 0 Å². The Morgan fingerprint density at radius 3 is 2.60 bits per heavy atom. The minimum Gasteiger partial charge on any atom is -0.504 e. The smallest absolute Gasteiger partial charge is 0.323 e. The van der Waals surface area contributed by atoms with E-state index in [-0.39, 0.29) is 11.8 Å². The number of carbonyl (C=O) groups excluding carboxylic acids is 1. The summed E-state index contributed by atoms with van der Waals surface area (Å²) in [7, 11) is 3.78. The number of anilines is 2. The third kappa shape index (κ3) is 3.89. The van der Waals surface area contributed by atoms with Crippen LogP contribution in [0.3, 0.4) is 0 Å². The van der Waals surface area contributed by atoms with E-state index in [0.29, 0.717) is 11.4 Å². The molecule has 1 heterocycles. The van der Waals surface area contributed by atoms with Crippen molar-refractivity contribution in [2.75, 3.05) is 24.7 Å². The largest absolute Gasteiger partial charge is 0.504 e. The van der Waals surface area contributed by atoms with Crippen LogP contribution in [0.4, 0.5) is 16.2 Å². The normalized spacial score (nSPS) is 10.6. The van der Waals surface area contributed by atoms with Crippen molar-refractivity contribution in [2.45, 2.75) is 4.21 Å². The van der Waals surface area contributed by atoms with Crippen molar-refractivity contribution in [1.29, 1.82) is 0 Å². The second kappa shape index (κ2) is 6.65. The lowest BCUT2D eigenvalue weighted by Crippen LogP contribution is -2.18. The summed E-state index contributed by atoms with van der Waals surface area (Å²) in [4.78, 5) is 11.8. The number of urea groups is 1. The van der Waals surface area contributed by atoms with Crippen molar-refractivity contribution in [3.63, 3.8) is 0 Å². The Morgan fingerprint density at radius 2 is 1.95 bits per heavy atom. The number of amides is 2. The molecule has 2 aromatic rings. The number of hydrogen-bond acceptors (Lipinski definition) is 5. The molecule has 2 amide bonds. The van der Waals surface area contributed by atoms with Gasteiger partial charge in [0.1, 0.15) is 4.21 Å². The van der Waals surface area contributed by atoms with Gasteiger partial charge in [0.25, 0.3) is 0 Å². The van der Waals surface area contributed by atoms with Crippen LogP contribution in [-0.4, -0.2) is 29.5 Å². The molecule has 0 saturated carbocycles. The number of para-hydroxylation sites is 1. The Morgan fingerprint density at radius 1 is 1.25 bits per heavy atom. The van der Waals surface area contributed by atoms with Gasteiger partial charge in [-0.25, -0.2) is 4.79 Å². The molecule has 0 aliphatic carbocycles. The van der Waals surface area contributed by atoms with Gasteiger partial charge in [0.2, 0.25) is 0 Å². The van der Waals surface area contributed by atoms with Crippen LogP contribution < -0.4 is 10.6 Å². The molecule has 0 bridgehead atoms. The molecule has 0 aliphatic rings. The standard InChI is InChI=1S/C13H15N3O2S2/c1-16(2)20-12-11(17)10(8-19-12)15-13(18)14-9-6-4-3-5-7-9/h3-8,17H,1-2H3,(H2,14,15,18). The van der Waals surface area contributed by atoms with E-state index >= 15 is 0 Å². The van der Waals surface area contributed by atoms with Crippen LogP contribution in [0.1, 0.15) is 0 Å². The van der Waals surface area contributed by atoms with Crippen molar-refractivity contribution >= 4 is 40.7 Å². The van der Waals surface area contributed by atoms with E-state index in [0.717, 1.165) is 4.21 Å². The third-order valence-electron chi connectivity index (χ3n) is 2.28. The lowest BCUT2D eigenvalue weighted by atomic mass is 10.3. The summed E-state index contributed by atoms with van der Waals surface area (Å²) in [6, 6.07) is 8.75. The fourth-order valence-electron chi connectivity index (χ4n) is 1.46. The Kier molecular flexibility index (Phi) is 4.89. The summed E-state index contributed by atoms with van der Waals surface area (Å²) < 4.78 is 2.62. The number of nitrogens with one attached hydrogen (secondary N) is 2. The summed E-state index contributed by atoms with van der Waals surface area (Å²) in [6.45, 7) is 0. The molecular formula is C13H15N3O2S2. The first-order chi connectivity index (χ1) is 9.56. The van der Waals surface area contributed by atoms with Crippen molar-refractivity contribution in [1.82, 2.24) is 4.31 Å². The highest BCUT2D eigenvalue weighted by Gasteiger charge is 2.14. The van der Waals surface area contributed by atoms with Gasteiger partial charge in [0, 0.05) is 11.1 Å². The Bertz CT molecular complexity index is 585. The lowest BCUT2D eigenvalue weighted by Gasteiger charge is -2.08. The minimum atomic E-state index is -0.384. The molecule has 0 radical (unpaired) electrons. The SMILES string of the molecule is CN(C)Sc1scc(NC(=O)Nc2ccccc2)c1O. The fraction of sp³-hybridized carbons (Fsp3) is 0.154. The van der Waals surface area contributed by atoms with E-state index in [2.05, 4.69) is 10.6 Å². The number of rotatable bonds is 4. The monoisotopic (exact) mass is 309 g/mol. The average Bonchev–Trinajstić information content (AvgIpc) is 2.72. The Labute approximate surface area is 125 Å². The van der Waals surface area contributed by atoms with Gasteiger partial charge in [-0.1, -0.05) is 18.2 Å². The van der Waals surface area contributed by atoms with Crippen molar-refractivity contribution in [2.24, 2.45) is 0 Å². The Balaban J connectivity index is 2.00. The zero-order chi connectivity index (χ0) is 14.5. The highest BCUT2D eigenvalue weighted by atomic mass is 32.2. The molecule has 2 rings (SSSR count). The molecule has 3 N–H and O–H groups in total. The van der Waals surface area contributed by atoms with Gasteiger partial charge in [0.05, 0.1) is 5.69 Å². The Hall–Kier alpha value is -1.70. The molecule has 106 valence electrons. The summed E-state index contributed by atoms with van der Waals surface area (Å²) in [5.74, 6) is 0.0944. The lowest BCUT2D eigenvalue weighted by molar-refractivity contribution is 0.262. The van der Waals surface area contributed by atoms with E-state index in [9.17, 15) is 9.90 Å². The fourth-order valence-corrected chi connectivity index (χ4v) is 3.37. The summed E-state index contributed by atoms with van der Waals surface area (Å²) in [5.41, 5.74) is 1.11. The van der Waals surface area contributed by atoms with Gasteiger partial charge in [-0.3, -0.25) is 4.31 Å². The van der Waals surface area contributed by atoms with E-state index < -0.39 is 0 Å². The molecular weight excluding hydrogens is 294 g/mol. The molecule has 0 spiro atoms. The molecule has 0 aliphatic heterocycles. The maximum Gasteiger partial charge on any atom is 0.323 e. The van der Waals surface area contributed by atoms with Gasteiger partial charge in [-0.05, 0) is 38.2 Å². The first-order valence-corrected chi connectivity index (χ1v) is 7.50. The quantitative estimate of drug-likeness (QED) is 0.754. The van der Waals surface area contributed by atoms with Crippen molar-refractivity contribution in [3.05, 3.63) is 35.7 Å². The number of nitrogens with zero attached hydrogens (tertiary/aromatic N) is 1. The molecule has 0 atom stereocenters. The van der Waals surface area contributed by atoms with Crippen molar-refractivity contribution < 1.29 is 9.90 Å². The number of thiophene rings is 1. The van der Waals surface area contributed by atoms with Gasteiger partial charge in [-0.15, -0.1) is 11.3 Å². The maximum atomic E-state index is 11.8. The summed E-state index contributed by atoms with van der Waals surface area (Å²) >= 11 is 2.79. The molecule has 1 aromatic heterocycles. The molecule has 0 saturated heterocycles. The van der Waals surface area contributed by atoms with Crippen LogP contribution in [-0.2, 0) is 0 Å². The molecule has 0 fully saturated rings. The average molecular weight is 309 g/mol. The number of aromatic hydroxyl groups is 1. The van der Waals surface area contributed by atoms with Gasteiger partial charge in [0.15, 0.2) is 5.75 Å². The molecule has 5 nitrogen and oxygen atoms in total. The van der Waals surface area contributed by atoms with Crippen LogP contribution in [0.2, 0.25) is 0 Å². The number of carbonyl (C=O) groups is 1. The minimum absolute atomic E-state index is 0.0944. The number of benzene rings is 1. The summed E-state index contributed by atoms with van der Waals surface area (Å²) in [6.07, 6.45) is 0. The molecule has 1 aromatic carbocycles. The molecule has 7 heteroatoms. The third-order valence-corrected chi connectivity index (χ3v) is 4.28. The first kappa shape index (κ1) is 14.7. The summed E-state index contributed by atoms with van der Waals surface area (Å²) in [5, 5.41) is 17.1. The molecule has 20 heavy (non-hydrogen) atoms. The second-order valence-electron chi connectivity index (χ2n) is 4.13. The van der Waals surface area contributed by atoms with Crippen LogP contribution in [0.25, 0.3) is 0 Å². The molecule has 0 unspecified atom stereocenters. The van der Waals surface area contributed by atoms with Crippen LogP contribution in [0, 0.1) is 0 Å². The van der Waals surface area contributed by atoms with Crippen molar-refractivity contribution in [3.8, 4) is 5.75 Å². The highest BCUT2D eigenvalue weighted by molar-refractivity contribution is 7.99. The van der Waals surface area contributed by atoms with E-state index in [4.69, 9.17) is 0 Å². The second-order valence-corrected chi connectivity index (χ2v) is 6.59. The van der Waals surface area contributed by atoms with E-state index in [1.165, 1.54) is 23.3 Å². The van der Waals surface area contributed by atoms with Gasteiger partial charge < -0.3 is 15.7 Å². The predicted octanol–water partition coefficient (Wildman–Crippen LogP) is 3.67. The number of hydrogen-bond donors (Lipinski definition) is 3. The maximum absolute atomic E-state index is 11.8. The topological polar surface area (TPSA) is 64.6 Å². The first-order valence-electron chi connectivity index (χ1n) is 5.85. The van der Waals surface area contributed by atoms with Gasteiger partial charge >= 0.3 is 6.03 Å². The van der Waals surface area contributed by atoms with E-state index in [1.54, 1.807) is 17.5 Å². The zero-order valence-corrected chi connectivity index (χ0v) is 12.7. The zero-order valence-electron chi connectivity index (χ0n) is 11.1. The van der Waals surface area contributed by atoms with Crippen LogP contribution in [0.5, 0.6) is 5.75 Å². The van der Waals surface area contributed by atoms with Crippen LogP contribution in [0.15, 0.2) is 39.9 Å². The highest BCUT2D eigenvalue weighted by Crippen LogP contribution is 2.41.